The van der Waals surface area contributed by atoms with Crippen LogP contribution in [0, 0.1) is 0 Å². The van der Waals surface area contributed by atoms with Gasteiger partial charge in [0.15, 0.2) is 0 Å². The Bertz CT molecular complexity index is 329. The summed E-state index contributed by atoms with van der Waals surface area (Å²) in [4.78, 5) is 0. The van der Waals surface area contributed by atoms with Crippen LogP contribution in [0.5, 0.6) is 5.75 Å². The van der Waals surface area contributed by atoms with E-state index in [9.17, 15) is 4.39 Å². The third-order valence-corrected chi connectivity index (χ3v) is 2.89. The second-order valence-corrected chi connectivity index (χ2v) is 3.93. The lowest BCUT2D eigenvalue weighted by atomic mass is 9.90. The molecule has 0 saturated heterocycles. The van der Waals surface area contributed by atoms with Crippen molar-refractivity contribution in [2.24, 2.45) is 0 Å². The van der Waals surface area contributed by atoms with Crippen LogP contribution in [0.1, 0.15) is 18.4 Å². The molecule has 0 amide bonds. The van der Waals surface area contributed by atoms with Crippen LogP contribution < -0.4 is 10.1 Å². The van der Waals surface area contributed by atoms with Gasteiger partial charge in [0.25, 0.3) is 0 Å². The second-order valence-electron chi connectivity index (χ2n) is 3.93. The van der Waals surface area contributed by atoms with E-state index in [4.69, 9.17) is 4.74 Å². The fraction of sp³-hybridized carbons (Fsp3) is 0.500. The lowest BCUT2D eigenvalue weighted by Gasteiger charge is -2.31. The normalized spacial score (nSPS) is 24.7. The van der Waals surface area contributed by atoms with Crippen LogP contribution in [0.2, 0.25) is 0 Å². The first-order chi connectivity index (χ1) is 7.29. The van der Waals surface area contributed by atoms with Gasteiger partial charge in [-0.05, 0) is 30.5 Å². The lowest BCUT2D eigenvalue weighted by Crippen LogP contribution is -2.44. The van der Waals surface area contributed by atoms with Crippen molar-refractivity contribution in [3.8, 4) is 5.75 Å². The number of rotatable bonds is 4. The van der Waals surface area contributed by atoms with Crippen LogP contribution in [0.15, 0.2) is 24.3 Å². The van der Waals surface area contributed by atoms with Gasteiger partial charge in [0.2, 0.25) is 0 Å². The van der Waals surface area contributed by atoms with Crippen molar-refractivity contribution in [1.29, 1.82) is 0 Å². The van der Waals surface area contributed by atoms with Gasteiger partial charge in [0.1, 0.15) is 11.9 Å². The zero-order valence-electron chi connectivity index (χ0n) is 8.87. The Balaban J connectivity index is 1.87. The van der Waals surface area contributed by atoms with Crippen LogP contribution in [-0.2, 0) is 6.54 Å². The lowest BCUT2D eigenvalue weighted by molar-refractivity contribution is 0.141. The average molecular weight is 209 g/mol. The molecular formula is C12H16FNO. The first-order valence-electron chi connectivity index (χ1n) is 5.30. The average Bonchev–Trinajstić information content (AvgIpc) is 2.27. The van der Waals surface area contributed by atoms with E-state index in [0.29, 0.717) is 13.0 Å². The standard InChI is InChI=1S/C12H16FNO/c1-15-10-4-2-3-9(7-10)8-14-12-6-5-11(12)13/h2-4,7,11-12,14H,5-6,8H2,1H3. The number of ether oxygens (including phenoxy) is 1. The van der Waals surface area contributed by atoms with E-state index in [1.54, 1.807) is 7.11 Å². The van der Waals surface area contributed by atoms with Crippen molar-refractivity contribution >= 4 is 0 Å². The van der Waals surface area contributed by atoms with Crippen molar-refractivity contribution < 1.29 is 9.13 Å². The van der Waals surface area contributed by atoms with Gasteiger partial charge in [-0.25, -0.2) is 4.39 Å². The van der Waals surface area contributed by atoms with E-state index in [-0.39, 0.29) is 6.04 Å². The highest BCUT2D eigenvalue weighted by molar-refractivity contribution is 5.28. The van der Waals surface area contributed by atoms with Crippen molar-refractivity contribution in [2.45, 2.75) is 31.6 Å². The summed E-state index contributed by atoms with van der Waals surface area (Å²) in [5, 5.41) is 3.21. The fourth-order valence-corrected chi connectivity index (χ4v) is 1.72. The molecule has 2 atom stereocenters. The number of methoxy groups -OCH3 is 1. The van der Waals surface area contributed by atoms with Gasteiger partial charge in [-0.15, -0.1) is 0 Å². The number of alkyl halides is 1. The molecule has 0 heterocycles. The summed E-state index contributed by atoms with van der Waals surface area (Å²) < 4.78 is 18.1. The summed E-state index contributed by atoms with van der Waals surface area (Å²) in [6.07, 6.45) is 0.997. The minimum Gasteiger partial charge on any atom is -0.497 e. The Morgan fingerprint density at radius 2 is 2.33 bits per heavy atom. The van der Waals surface area contributed by atoms with Crippen molar-refractivity contribution in [1.82, 2.24) is 5.32 Å². The van der Waals surface area contributed by atoms with Gasteiger partial charge in [-0.1, -0.05) is 12.1 Å². The van der Waals surface area contributed by atoms with Crippen LogP contribution in [0.25, 0.3) is 0 Å². The molecule has 0 bridgehead atoms. The molecule has 1 aliphatic rings. The molecule has 2 nitrogen and oxygen atoms in total. The molecular weight excluding hydrogens is 193 g/mol. The van der Waals surface area contributed by atoms with Gasteiger partial charge >= 0.3 is 0 Å². The zero-order chi connectivity index (χ0) is 10.7. The van der Waals surface area contributed by atoms with Gasteiger partial charge in [0, 0.05) is 12.6 Å². The highest BCUT2D eigenvalue weighted by Gasteiger charge is 2.29. The monoisotopic (exact) mass is 209 g/mol. The first-order valence-corrected chi connectivity index (χ1v) is 5.30. The van der Waals surface area contributed by atoms with E-state index in [0.717, 1.165) is 17.7 Å². The quantitative estimate of drug-likeness (QED) is 0.821. The minimum absolute atomic E-state index is 0.0520. The Labute approximate surface area is 89.4 Å². The van der Waals surface area contributed by atoms with Crippen LogP contribution in [0.4, 0.5) is 4.39 Å². The molecule has 15 heavy (non-hydrogen) atoms. The number of hydrogen-bond donors (Lipinski definition) is 1. The number of benzene rings is 1. The predicted molar refractivity (Wildman–Crippen MR) is 57.8 cm³/mol. The first kappa shape index (κ1) is 10.4. The maximum atomic E-state index is 12.9. The predicted octanol–water partition coefficient (Wildman–Crippen LogP) is 2.29. The fourth-order valence-electron chi connectivity index (χ4n) is 1.72. The van der Waals surface area contributed by atoms with E-state index < -0.39 is 6.17 Å². The molecule has 2 rings (SSSR count). The topological polar surface area (TPSA) is 21.3 Å². The van der Waals surface area contributed by atoms with Gasteiger partial charge in [-0.3, -0.25) is 0 Å². The molecule has 0 radical (unpaired) electrons. The molecule has 1 saturated carbocycles. The summed E-state index contributed by atoms with van der Waals surface area (Å²) in [5.74, 6) is 0.847. The van der Waals surface area contributed by atoms with Crippen LogP contribution >= 0.6 is 0 Å². The molecule has 1 N–H and O–H groups in total. The van der Waals surface area contributed by atoms with E-state index in [2.05, 4.69) is 5.32 Å². The SMILES string of the molecule is COc1cccc(CNC2CCC2F)c1. The third kappa shape index (κ3) is 2.48. The third-order valence-electron chi connectivity index (χ3n) is 2.89. The van der Waals surface area contributed by atoms with Crippen LogP contribution in [0.3, 0.4) is 0 Å². The molecule has 1 fully saturated rings. The Hall–Kier alpha value is -1.09. The zero-order valence-corrected chi connectivity index (χ0v) is 8.87. The Kier molecular flexibility index (Phi) is 3.21. The molecule has 1 aromatic carbocycles. The van der Waals surface area contributed by atoms with E-state index in [1.807, 2.05) is 24.3 Å². The minimum atomic E-state index is -0.657. The number of halogens is 1. The number of nitrogens with one attached hydrogen (secondary N) is 1. The second kappa shape index (κ2) is 4.62. The molecule has 3 heteroatoms. The smallest absolute Gasteiger partial charge is 0.119 e. The molecule has 2 unspecified atom stereocenters. The molecule has 82 valence electrons. The molecule has 1 aromatic rings. The number of hydrogen-bond acceptors (Lipinski definition) is 2. The highest BCUT2D eigenvalue weighted by Crippen LogP contribution is 2.23. The maximum absolute atomic E-state index is 12.9. The molecule has 0 aromatic heterocycles. The summed E-state index contributed by atoms with van der Waals surface area (Å²) in [6, 6.07) is 7.89. The summed E-state index contributed by atoms with van der Waals surface area (Å²) in [6.45, 7) is 0.711. The van der Waals surface area contributed by atoms with Crippen molar-refractivity contribution in [2.75, 3.05) is 7.11 Å². The van der Waals surface area contributed by atoms with Crippen molar-refractivity contribution in [3.05, 3.63) is 29.8 Å². The van der Waals surface area contributed by atoms with Gasteiger partial charge in [0.05, 0.1) is 7.11 Å². The maximum Gasteiger partial charge on any atom is 0.119 e. The Morgan fingerprint density at radius 3 is 2.93 bits per heavy atom. The van der Waals surface area contributed by atoms with Gasteiger partial charge in [-0.2, -0.15) is 0 Å². The summed E-state index contributed by atoms with van der Waals surface area (Å²) in [7, 11) is 1.65. The molecule has 1 aliphatic carbocycles. The molecule has 0 spiro atoms. The van der Waals surface area contributed by atoms with E-state index >= 15 is 0 Å². The summed E-state index contributed by atoms with van der Waals surface area (Å²) >= 11 is 0. The summed E-state index contributed by atoms with van der Waals surface area (Å²) in [5.41, 5.74) is 1.13. The Morgan fingerprint density at radius 1 is 1.47 bits per heavy atom. The largest absolute Gasteiger partial charge is 0.497 e. The highest BCUT2D eigenvalue weighted by atomic mass is 19.1. The van der Waals surface area contributed by atoms with E-state index in [1.165, 1.54) is 0 Å². The molecule has 0 aliphatic heterocycles. The van der Waals surface area contributed by atoms with Crippen molar-refractivity contribution in [3.63, 3.8) is 0 Å². The van der Waals surface area contributed by atoms with Crippen LogP contribution in [-0.4, -0.2) is 19.3 Å². The van der Waals surface area contributed by atoms with Gasteiger partial charge < -0.3 is 10.1 Å².